The topological polar surface area (TPSA) is 61.2 Å². The van der Waals surface area contributed by atoms with Crippen LogP contribution in [0.3, 0.4) is 0 Å². The molecule has 0 unspecified atom stereocenters. The van der Waals surface area contributed by atoms with Crippen LogP contribution in [0.2, 0.25) is 0 Å². The van der Waals surface area contributed by atoms with Crippen molar-refractivity contribution in [2.75, 3.05) is 6.61 Å². The van der Waals surface area contributed by atoms with Crippen LogP contribution < -0.4 is 5.56 Å². The maximum Gasteiger partial charge on any atom is 0.305 e. The Hall–Kier alpha value is -2.43. The number of carbonyl (C=O) groups excluding carboxylic acids is 1. The summed E-state index contributed by atoms with van der Waals surface area (Å²) in [4.78, 5) is 23.8. The average Bonchev–Trinajstić information content (AvgIpc) is 2.51. The van der Waals surface area contributed by atoms with Crippen LogP contribution >= 0.6 is 0 Å². The van der Waals surface area contributed by atoms with Gasteiger partial charge in [0.1, 0.15) is 0 Å². The molecule has 0 aliphatic carbocycles. The lowest BCUT2D eigenvalue weighted by Gasteiger charge is -2.08. The van der Waals surface area contributed by atoms with E-state index in [1.807, 2.05) is 38.1 Å². The van der Waals surface area contributed by atoms with E-state index in [1.165, 1.54) is 4.68 Å². The predicted octanol–water partition coefficient (Wildman–Crippen LogP) is 2.49. The molecular formula is C18H22N2O3. The molecule has 0 aliphatic rings. The molecule has 1 aromatic carbocycles. The summed E-state index contributed by atoms with van der Waals surface area (Å²) in [7, 11) is 0. The van der Waals surface area contributed by atoms with Gasteiger partial charge in [0.05, 0.1) is 13.2 Å². The minimum Gasteiger partial charge on any atom is -0.465 e. The first-order chi connectivity index (χ1) is 11.1. The van der Waals surface area contributed by atoms with Gasteiger partial charge in [-0.2, -0.15) is 5.10 Å². The molecule has 0 amide bonds. The summed E-state index contributed by atoms with van der Waals surface area (Å²) in [5.41, 5.74) is 2.65. The Bertz CT molecular complexity index is 722. The molecule has 0 fully saturated rings. The normalized spacial score (nSPS) is 10.5. The second-order valence-corrected chi connectivity index (χ2v) is 5.53. The van der Waals surface area contributed by atoms with E-state index in [0.29, 0.717) is 24.9 Å². The van der Waals surface area contributed by atoms with Crippen molar-refractivity contribution in [1.29, 1.82) is 0 Å². The van der Waals surface area contributed by atoms with E-state index in [2.05, 4.69) is 5.10 Å². The van der Waals surface area contributed by atoms with Gasteiger partial charge in [-0.05, 0) is 25.0 Å². The third-order valence-corrected chi connectivity index (χ3v) is 3.49. The molecule has 0 saturated carbocycles. The molecule has 1 heterocycles. The largest absolute Gasteiger partial charge is 0.465 e. The lowest BCUT2D eigenvalue weighted by molar-refractivity contribution is -0.143. The molecule has 0 bridgehead atoms. The number of nitrogens with zero attached hydrogens (tertiary/aromatic N) is 2. The Morgan fingerprint density at radius 2 is 2.13 bits per heavy atom. The van der Waals surface area contributed by atoms with Crippen LogP contribution in [-0.2, 0) is 22.5 Å². The zero-order valence-electron chi connectivity index (χ0n) is 13.6. The van der Waals surface area contributed by atoms with Crippen molar-refractivity contribution in [3.05, 3.63) is 63.6 Å². The van der Waals surface area contributed by atoms with Crippen molar-refractivity contribution in [2.45, 2.75) is 39.7 Å². The van der Waals surface area contributed by atoms with Crippen molar-refractivity contribution in [3.8, 4) is 0 Å². The van der Waals surface area contributed by atoms with E-state index in [-0.39, 0.29) is 18.1 Å². The second-order valence-electron chi connectivity index (χ2n) is 5.53. The van der Waals surface area contributed by atoms with Gasteiger partial charge in [-0.1, -0.05) is 36.8 Å². The lowest BCUT2D eigenvalue weighted by atomic mass is 10.1. The average molecular weight is 314 g/mol. The molecule has 0 radical (unpaired) electrons. The zero-order valence-corrected chi connectivity index (χ0v) is 13.6. The van der Waals surface area contributed by atoms with Gasteiger partial charge in [-0.15, -0.1) is 0 Å². The summed E-state index contributed by atoms with van der Waals surface area (Å²) in [6.45, 7) is 4.60. The van der Waals surface area contributed by atoms with E-state index in [9.17, 15) is 9.59 Å². The predicted molar refractivity (Wildman–Crippen MR) is 88.3 cm³/mol. The van der Waals surface area contributed by atoms with Gasteiger partial charge in [0.2, 0.25) is 0 Å². The number of aromatic nitrogens is 2. The van der Waals surface area contributed by atoms with Gasteiger partial charge in [0.15, 0.2) is 0 Å². The SMILES string of the molecule is CCCC(=O)OCCc1ccnn(Cc2cccc(C)c2)c1=O. The smallest absolute Gasteiger partial charge is 0.305 e. The highest BCUT2D eigenvalue weighted by molar-refractivity contribution is 5.69. The molecule has 2 rings (SSSR count). The van der Waals surface area contributed by atoms with Gasteiger partial charge >= 0.3 is 5.97 Å². The molecule has 23 heavy (non-hydrogen) atoms. The fraction of sp³-hybridized carbons (Fsp3) is 0.389. The Morgan fingerprint density at radius 1 is 1.30 bits per heavy atom. The van der Waals surface area contributed by atoms with Crippen LogP contribution in [0, 0.1) is 6.92 Å². The molecule has 0 atom stereocenters. The van der Waals surface area contributed by atoms with Crippen molar-refractivity contribution < 1.29 is 9.53 Å². The zero-order chi connectivity index (χ0) is 16.7. The lowest BCUT2D eigenvalue weighted by Crippen LogP contribution is -2.27. The van der Waals surface area contributed by atoms with Crippen molar-refractivity contribution in [1.82, 2.24) is 9.78 Å². The van der Waals surface area contributed by atoms with Gasteiger partial charge in [0, 0.05) is 24.6 Å². The third-order valence-electron chi connectivity index (χ3n) is 3.49. The Labute approximate surface area is 135 Å². The quantitative estimate of drug-likeness (QED) is 0.737. The number of hydrogen-bond acceptors (Lipinski definition) is 4. The van der Waals surface area contributed by atoms with Crippen LogP contribution in [0.4, 0.5) is 0 Å². The van der Waals surface area contributed by atoms with Gasteiger partial charge in [-0.25, -0.2) is 4.68 Å². The molecule has 0 N–H and O–H groups in total. The maximum atomic E-state index is 12.4. The summed E-state index contributed by atoms with van der Waals surface area (Å²) in [5.74, 6) is -0.221. The Balaban J connectivity index is 2.03. The number of hydrogen-bond donors (Lipinski definition) is 0. The van der Waals surface area contributed by atoms with Crippen LogP contribution in [0.5, 0.6) is 0 Å². The molecule has 5 heteroatoms. The molecule has 0 aliphatic heterocycles. The minimum absolute atomic E-state index is 0.138. The molecular weight excluding hydrogens is 292 g/mol. The Morgan fingerprint density at radius 3 is 2.87 bits per heavy atom. The molecule has 122 valence electrons. The Kier molecular flexibility index (Phi) is 6.09. The molecule has 5 nitrogen and oxygen atoms in total. The fourth-order valence-electron chi connectivity index (χ4n) is 2.33. The molecule has 2 aromatic rings. The number of carbonyl (C=O) groups is 1. The van der Waals surface area contributed by atoms with Gasteiger partial charge < -0.3 is 4.74 Å². The first-order valence-corrected chi connectivity index (χ1v) is 7.86. The van der Waals surface area contributed by atoms with E-state index >= 15 is 0 Å². The molecule has 0 saturated heterocycles. The summed E-state index contributed by atoms with van der Waals surface area (Å²) in [5, 5.41) is 4.13. The highest BCUT2D eigenvalue weighted by atomic mass is 16.5. The van der Waals surface area contributed by atoms with Gasteiger partial charge in [0.25, 0.3) is 5.56 Å². The summed E-state index contributed by atoms with van der Waals surface area (Å²) >= 11 is 0. The number of ether oxygens (including phenoxy) is 1. The number of esters is 1. The van der Waals surface area contributed by atoms with Crippen LogP contribution in [0.1, 0.15) is 36.5 Å². The van der Waals surface area contributed by atoms with Crippen molar-refractivity contribution in [3.63, 3.8) is 0 Å². The highest BCUT2D eigenvalue weighted by Crippen LogP contribution is 2.05. The summed E-state index contributed by atoms with van der Waals surface area (Å²) in [6, 6.07) is 9.67. The summed E-state index contributed by atoms with van der Waals surface area (Å²) in [6.07, 6.45) is 3.19. The van der Waals surface area contributed by atoms with E-state index in [1.54, 1.807) is 12.3 Å². The summed E-state index contributed by atoms with van der Waals surface area (Å²) < 4.78 is 6.55. The van der Waals surface area contributed by atoms with Gasteiger partial charge in [-0.3, -0.25) is 9.59 Å². The maximum absolute atomic E-state index is 12.4. The van der Waals surface area contributed by atoms with Crippen molar-refractivity contribution in [2.24, 2.45) is 0 Å². The van der Waals surface area contributed by atoms with Crippen LogP contribution in [0.25, 0.3) is 0 Å². The first kappa shape index (κ1) is 16.9. The number of aryl methyl sites for hydroxylation is 1. The number of benzene rings is 1. The van der Waals surface area contributed by atoms with E-state index in [4.69, 9.17) is 4.74 Å². The van der Waals surface area contributed by atoms with E-state index in [0.717, 1.165) is 17.5 Å². The minimum atomic E-state index is -0.221. The van der Waals surface area contributed by atoms with Crippen molar-refractivity contribution >= 4 is 5.97 Å². The van der Waals surface area contributed by atoms with Crippen LogP contribution in [0.15, 0.2) is 41.3 Å². The highest BCUT2D eigenvalue weighted by Gasteiger charge is 2.07. The monoisotopic (exact) mass is 314 g/mol. The standard InChI is InChI=1S/C18H22N2O3/c1-3-5-17(21)23-11-9-16-8-10-19-20(18(16)22)13-15-7-4-6-14(2)12-15/h4,6-8,10,12H,3,5,9,11,13H2,1-2H3. The first-order valence-electron chi connectivity index (χ1n) is 7.86. The second kappa shape index (κ2) is 8.27. The van der Waals surface area contributed by atoms with Crippen LogP contribution in [-0.4, -0.2) is 22.4 Å². The fourth-order valence-corrected chi connectivity index (χ4v) is 2.33. The molecule has 0 spiro atoms. The molecule has 1 aromatic heterocycles. The third kappa shape index (κ3) is 5.06. The number of rotatable bonds is 7. The van der Waals surface area contributed by atoms with E-state index < -0.39 is 0 Å².